The molecule has 136 valence electrons. The highest BCUT2D eigenvalue weighted by Crippen LogP contribution is 2.14. The highest BCUT2D eigenvalue weighted by molar-refractivity contribution is 5.62. The van der Waals surface area contributed by atoms with Crippen LogP contribution < -0.4 is 5.11 Å². The van der Waals surface area contributed by atoms with Crippen molar-refractivity contribution in [2.45, 2.75) is 77.6 Å². The van der Waals surface area contributed by atoms with Gasteiger partial charge in [-0.25, -0.2) is 0 Å². The van der Waals surface area contributed by atoms with Crippen molar-refractivity contribution < 1.29 is 14.4 Å². The molecular weight excluding hydrogens is 288 g/mol. The molecule has 0 radical (unpaired) electrons. The van der Waals surface area contributed by atoms with Gasteiger partial charge in [0.25, 0.3) is 0 Å². The summed E-state index contributed by atoms with van der Waals surface area (Å²) in [6.07, 6.45) is 14.2. The van der Waals surface area contributed by atoms with Crippen molar-refractivity contribution in [2.24, 2.45) is 0 Å². The average Bonchev–Trinajstić information content (AvgIpc) is 2.53. The van der Waals surface area contributed by atoms with Crippen LogP contribution in [0.25, 0.3) is 0 Å². The third-order valence-electron chi connectivity index (χ3n) is 5.38. The molecule has 0 aromatic rings. The van der Waals surface area contributed by atoms with Gasteiger partial charge in [0.2, 0.25) is 0 Å². The lowest BCUT2D eigenvalue weighted by Crippen LogP contribution is -2.60. The van der Waals surface area contributed by atoms with Gasteiger partial charge in [0.05, 0.1) is 39.8 Å². The monoisotopic (exact) mass is 326 g/mol. The zero-order valence-electron chi connectivity index (χ0n) is 15.5. The Morgan fingerprint density at radius 1 is 0.870 bits per heavy atom. The van der Waals surface area contributed by atoms with E-state index in [1.165, 1.54) is 82.1 Å². The Bertz CT molecular complexity index is 312. The Morgan fingerprint density at radius 3 is 1.74 bits per heavy atom. The summed E-state index contributed by atoms with van der Waals surface area (Å²) < 4.78 is 1.03. The molecule has 1 amide bonds. The Morgan fingerprint density at radius 2 is 1.30 bits per heavy atom. The quantitative estimate of drug-likeness (QED) is 0.407. The molecule has 0 bridgehead atoms. The van der Waals surface area contributed by atoms with Crippen LogP contribution in [0.2, 0.25) is 0 Å². The van der Waals surface area contributed by atoms with E-state index in [1.807, 2.05) is 0 Å². The molecule has 0 atom stereocenters. The van der Waals surface area contributed by atoms with E-state index < -0.39 is 6.09 Å². The third kappa shape index (κ3) is 9.19. The summed E-state index contributed by atoms with van der Waals surface area (Å²) >= 11 is 0. The molecule has 0 unspecified atom stereocenters. The summed E-state index contributed by atoms with van der Waals surface area (Å²) in [4.78, 5) is 12.3. The molecule has 0 saturated carbocycles. The molecule has 4 nitrogen and oxygen atoms in total. The van der Waals surface area contributed by atoms with Crippen molar-refractivity contribution in [3.63, 3.8) is 0 Å². The maximum atomic E-state index is 10.8. The molecule has 0 N–H and O–H groups in total. The number of amides is 1. The normalized spacial score (nSPS) is 17.4. The first-order valence-electron chi connectivity index (χ1n) is 9.87. The largest absolute Gasteiger partial charge is 0.530 e. The van der Waals surface area contributed by atoms with Gasteiger partial charge in [0.1, 0.15) is 6.09 Å². The van der Waals surface area contributed by atoms with Crippen LogP contribution in [0.15, 0.2) is 0 Å². The zero-order chi connectivity index (χ0) is 17.0. The number of hydrogen-bond acceptors (Lipinski definition) is 2. The summed E-state index contributed by atoms with van der Waals surface area (Å²) in [5.41, 5.74) is 0. The van der Waals surface area contributed by atoms with E-state index in [9.17, 15) is 9.90 Å². The van der Waals surface area contributed by atoms with Crippen LogP contribution in [-0.4, -0.2) is 55.2 Å². The average molecular weight is 327 g/mol. The number of unbranched alkanes of at least 4 members (excludes halogenated alkanes) is 10. The smallest absolute Gasteiger partial charge is 0.137 e. The van der Waals surface area contributed by atoms with E-state index in [4.69, 9.17) is 0 Å². The fourth-order valence-electron chi connectivity index (χ4n) is 3.51. The molecule has 0 aromatic carbocycles. The number of piperazine rings is 1. The van der Waals surface area contributed by atoms with Crippen molar-refractivity contribution in [3.05, 3.63) is 0 Å². The molecule has 1 fully saturated rings. The number of hydrogen-bond donors (Lipinski definition) is 0. The van der Waals surface area contributed by atoms with Crippen LogP contribution in [0.4, 0.5) is 4.79 Å². The van der Waals surface area contributed by atoms with E-state index in [1.54, 1.807) is 0 Å². The number of likely N-dealkylation sites (N-methyl/N-ethyl adjacent to an activating group) is 1. The highest BCUT2D eigenvalue weighted by Gasteiger charge is 2.27. The summed E-state index contributed by atoms with van der Waals surface area (Å²) in [5, 5.41) is 10.8. The van der Waals surface area contributed by atoms with Crippen molar-refractivity contribution in [3.8, 4) is 0 Å². The first kappa shape index (κ1) is 20.3. The van der Waals surface area contributed by atoms with Gasteiger partial charge in [-0.2, -0.15) is 0 Å². The van der Waals surface area contributed by atoms with E-state index in [0.717, 1.165) is 17.6 Å². The second-order valence-corrected chi connectivity index (χ2v) is 7.58. The molecule has 1 saturated heterocycles. The van der Waals surface area contributed by atoms with Gasteiger partial charge < -0.3 is 19.3 Å². The fourth-order valence-corrected chi connectivity index (χ4v) is 3.51. The maximum absolute atomic E-state index is 10.8. The van der Waals surface area contributed by atoms with Crippen LogP contribution in [0.5, 0.6) is 0 Å². The van der Waals surface area contributed by atoms with Crippen molar-refractivity contribution >= 4 is 6.09 Å². The van der Waals surface area contributed by atoms with E-state index in [2.05, 4.69) is 14.0 Å². The highest BCUT2D eigenvalue weighted by atomic mass is 16.4. The Kier molecular flexibility index (Phi) is 10.3. The SMILES string of the molecule is CCCCCCCCCCCCC[N+]1(C)CCN(C(=O)[O-])CC1. The molecule has 1 rings (SSSR count). The Hall–Kier alpha value is -0.770. The van der Waals surface area contributed by atoms with Crippen LogP contribution in [-0.2, 0) is 0 Å². The van der Waals surface area contributed by atoms with E-state index in [-0.39, 0.29) is 0 Å². The molecule has 23 heavy (non-hydrogen) atoms. The molecule has 0 spiro atoms. The number of rotatable bonds is 12. The van der Waals surface area contributed by atoms with Gasteiger partial charge in [0, 0.05) is 0 Å². The van der Waals surface area contributed by atoms with Gasteiger partial charge in [-0.05, 0) is 12.8 Å². The number of nitrogens with zero attached hydrogens (tertiary/aromatic N) is 2. The molecular formula is C19H38N2O2. The van der Waals surface area contributed by atoms with Gasteiger partial charge in [-0.1, -0.05) is 64.7 Å². The summed E-state index contributed by atoms with van der Waals surface area (Å²) in [6, 6.07) is 0. The topological polar surface area (TPSA) is 43.4 Å². The summed E-state index contributed by atoms with van der Waals surface area (Å²) in [7, 11) is 2.27. The van der Waals surface area contributed by atoms with Crippen LogP contribution in [0.1, 0.15) is 77.6 Å². The summed E-state index contributed by atoms with van der Waals surface area (Å²) in [5.74, 6) is 0. The summed E-state index contributed by atoms with van der Waals surface area (Å²) in [6.45, 7) is 6.61. The fraction of sp³-hybridized carbons (Fsp3) is 0.947. The number of carbonyl (C=O) groups excluding carboxylic acids is 1. The second kappa shape index (κ2) is 11.7. The molecule has 4 heteroatoms. The predicted octanol–water partition coefficient (Wildman–Crippen LogP) is 3.40. The van der Waals surface area contributed by atoms with Crippen molar-refractivity contribution in [1.82, 2.24) is 4.90 Å². The molecule has 0 aliphatic carbocycles. The minimum atomic E-state index is -1.01. The lowest BCUT2D eigenvalue weighted by Gasteiger charge is -2.43. The van der Waals surface area contributed by atoms with Gasteiger partial charge >= 0.3 is 0 Å². The van der Waals surface area contributed by atoms with Crippen LogP contribution in [0.3, 0.4) is 0 Å². The number of carboxylic acid groups (broad SMARTS) is 1. The predicted molar refractivity (Wildman–Crippen MR) is 94.2 cm³/mol. The Balaban J connectivity index is 1.92. The van der Waals surface area contributed by atoms with Crippen LogP contribution >= 0.6 is 0 Å². The first-order valence-corrected chi connectivity index (χ1v) is 9.87. The maximum Gasteiger partial charge on any atom is 0.137 e. The molecule has 1 aliphatic heterocycles. The van der Waals surface area contributed by atoms with E-state index in [0.29, 0.717) is 13.1 Å². The number of carbonyl (C=O) groups is 1. The van der Waals surface area contributed by atoms with Gasteiger partial charge in [0.15, 0.2) is 0 Å². The molecule has 1 heterocycles. The minimum Gasteiger partial charge on any atom is -0.530 e. The molecule has 0 aromatic heterocycles. The lowest BCUT2D eigenvalue weighted by molar-refractivity contribution is -0.913. The van der Waals surface area contributed by atoms with Crippen molar-refractivity contribution in [2.75, 3.05) is 39.8 Å². The van der Waals surface area contributed by atoms with Crippen molar-refractivity contribution in [1.29, 1.82) is 0 Å². The van der Waals surface area contributed by atoms with Crippen LogP contribution in [0, 0.1) is 0 Å². The van der Waals surface area contributed by atoms with Gasteiger partial charge in [-0.3, -0.25) is 0 Å². The Labute approximate surface area is 143 Å². The lowest BCUT2D eigenvalue weighted by atomic mass is 10.1. The standard InChI is InChI=1S/C19H38N2O2/c1-3-4-5-6-7-8-9-10-11-12-13-16-21(2)17-14-20(15-18-21)19(22)23/h3-18H2,1-2H3. The van der Waals surface area contributed by atoms with E-state index >= 15 is 0 Å². The zero-order valence-corrected chi connectivity index (χ0v) is 15.5. The number of quaternary nitrogens is 1. The second-order valence-electron chi connectivity index (χ2n) is 7.58. The minimum absolute atomic E-state index is 0.636. The third-order valence-corrected chi connectivity index (χ3v) is 5.38. The van der Waals surface area contributed by atoms with Gasteiger partial charge in [-0.15, -0.1) is 0 Å². The molecule has 1 aliphatic rings. The first-order chi connectivity index (χ1) is 11.1.